The van der Waals surface area contributed by atoms with Gasteiger partial charge in [-0.25, -0.2) is 0 Å². The number of carbonyl (C=O) groups excluding carboxylic acids is 2. The molecule has 1 fully saturated rings. The van der Waals surface area contributed by atoms with Crippen LogP contribution in [-0.2, 0) is 9.59 Å². The zero-order valence-corrected chi connectivity index (χ0v) is 13.6. The molecule has 0 bridgehead atoms. The third-order valence-corrected chi connectivity index (χ3v) is 3.80. The van der Waals surface area contributed by atoms with Crippen LogP contribution in [0.5, 0.6) is 0 Å². The summed E-state index contributed by atoms with van der Waals surface area (Å²) >= 11 is 0. The lowest BCUT2D eigenvalue weighted by atomic mass is 9.82. The van der Waals surface area contributed by atoms with Gasteiger partial charge in [-0.05, 0) is 39.7 Å². The molecule has 2 unspecified atom stereocenters. The van der Waals surface area contributed by atoms with Crippen molar-refractivity contribution in [1.29, 1.82) is 0 Å². The van der Waals surface area contributed by atoms with Gasteiger partial charge < -0.3 is 16.0 Å². The Morgan fingerprint density at radius 1 is 1.40 bits per heavy atom. The zero-order chi connectivity index (χ0) is 14.3. The van der Waals surface area contributed by atoms with Crippen LogP contribution in [-0.4, -0.2) is 37.5 Å². The molecule has 1 rings (SSSR count). The number of piperidine rings is 1. The minimum atomic E-state index is -0.328. The van der Waals surface area contributed by atoms with E-state index in [0.29, 0.717) is 13.0 Å². The van der Waals surface area contributed by atoms with E-state index in [2.05, 4.69) is 16.0 Å². The fraction of sp³-hybridized carbons (Fsp3) is 0.857. The lowest BCUT2D eigenvalue weighted by Crippen LogP contribution is -2.49. The van der Waals surface area contributed by atoms with Gasteiger partial charge in [-0.2, -0.15) is 0 Å². The molecule has 3 N–H and O–H groups in total. The quantitative estimate of drug-likeness (QED) is 0.691. The Bertz CT molecular complexity index is 318. The number of rotatable bonds is 6. The summed E-state index contributed by atoms with van der Waals surface area (Å²) in [5.74, 6) is 0.0533. The van der Waals surface area contributed by atoms with Gasteiger partial charge in [0.15, 0.2) is 0 Å². The van der Waals surface area contributed by atoms with Crippen molar-refractivity contribution in [1.82, 2.24) is 16.0 Å². The molecule has 6 heteroatoms. The average molecular weight is 306 g/mol. The summed E-state index contributed by atoms with van der Waals surface area (Å²) in [6.45, 7) is 8.11. The molecule has 1 aliphatic heterocycles. The summed E-state index contributed by atoms with van der Waals surface area (Å²) in [5.41, 5.74) is -0.328. The van der Waals surface area contributed by atoms with Crippen LogP contribution in [0.2, 0.25) is 0 Å². The van der Waals surface area contributed by atoms with E-state index in [-0.39, 0.29) is 35.7 Å². The van der Waals surface area contributed by atoms with Gasteiger partial charge in [0, 0.05) is 25.6 Å². The molecule has 0 radical (unpaired) electrons. The molecule has 0 spiro atoms. The van der Waals surface area contributed by atoms with Crippen LogP contribution in [0.15, 0.2) is 0 Å². The van der Waals surface area contributed by atoms with Crippen LogP contribution in [0.25, 0.3) is 0 Å². The minimum absolute atomic E-state index is 0. The van der Waals surface area contributed by atoms with E-state index in [4.69, 9.17) is 0 Å². The molecule has 0 aromatic rings. The van der Waals surface area contributed by atoms with Gasteiger partial charge in [-0.15, -0.1) is 12.4 Å². The summed E-state index contributed by atoms with van der Waals surface area (Å²) < 4.78 is 0. The molecule has 2 amide bonds. The predicted octanol–water partition coefficient (Wildman–Crippen LogP) is 1.22. The maximum atomic E-state index is 12.1. The highest BCUT2D eigenvalue weighted by molar-refractivity contribution is 5.85. The smallest absolute Gasteiger partial charge is 0.227 e. The monoisotopic (exact) mass is 305 g/mol. The maximum Gasteiger partial charge on any atom is 0.227 e. The molecular formula is C14H28ClN3O2. The summed E-state index contributed by atoms with van der Waals surface area (Å²) in [6.07, 6.45) is 3.20. The molecule has 118 valence electrons. The van der Waals surface area contributed by atoms with E-state index in [1.807, 2.05) is 20.8 Å². The van der Waals surface area contributed by atoms with Gasteiger partial charge in [0.05, 0.1) is 5.41 Å². The van der Waals surface area contributed by atoms with Gasteiger partial charge in [0.1, 0.15) is 0 Å². The van der Waals surface area contributed by atoms with Crippen molar-refractivity contribution in [3.63, 3.8) is 0 Å². The molecule has 0 aromatic heterocycles. The van der Waals surface area contributed by atoms with Gasteiger partial charge in [0.25, 0.3) is 0 Å². The Labute approximate surface area is 128 Å². The van der Waals surface area contributed by atoms with E-state index >= 15 is 0 Å². The van der Waals surface area contributed by atoms with Gasteiger partial charge in [-0.1, -0.05) is 6.92 Å². The number of carbonyl (C=O) groups is 2. The van der Waals surface area contributed by atoms with Crippen LogP contribution >= 0.6 is 12.4 Å². The molecule has 20 heavy (non-hydrogen) atoms. The fourth-order valence-electron chi connectivity index (χ4n) is 2.20. The topological polar surface area (TPSA) is 70.2 Å². The normalized spacial score (nSPS) is 23.4. The molecule has 1 heterocycles. The van der Waals surface area contributed by atoms with E-state index in [9.17, 15) is 9.59 Å². The van der Waals surface area contributed by atoms with Crippen molar-refractivity contribution in [3.8, 4) is 0 Å². The standard InChI is InChI=1S/C14H27N3O2.ClH/c1-4-11(2)17-12(18)6-9-16-13(19)14(3)7-5-8-15-10-14;/h11,15H,4-10H2,1-3H3,(H,16,19)(H,17,18);1H. The molecule has 0 saturated carbocycles. The first-order valence-electron chi connectivity index (χ1n) is 7.26. The average Bonchev–Trinajstić information content (AvgIpc) is 2.39. The second-order valence-electron chi connectivity index (χ2n) is 5.72. The van der Waals surface area contributed by atoms with Crippen molar-refractivity contribution >= 4 is 24.2 Å². The Balaban J connectivity index is 0.00000361. The van der Waals surface area contributed by atoms with Gasteiger partial charge in [0.2, 0.25) is 11.8 Å². The van der Waals surface area contributed by atoms with E-state index in [1.165, 1.54) is 0 Å². The molecule has 1 saturated heterocycles. The van der Waals surface area contributed by atoms with E-state index in [1.54, 1.807) is 0 Å². The second-order valence-corrected chi connectivity index (χ2v) is 5.72. The molecular weight excluding hydrogens is 278 g/mol. The lowest BCUT2D eigenvalue weighted by Gasteiger charge is -2.32. The van der Waals surface area contributed by atoms with Crippen LogP contribution in [0.4, 0.5) is 0 Å². The molecule has 0 aromatic carbocycles. The SMILES string of the molecule is CCC(C)NC(=O)CCNC(=O)C1(C)CCCNC1.Cl. The third kappa shape index (κ3) is 6.09. The Morgan fingerprint density at radius 2 is 2.10 bits per heavy atom. The second kappa shape index (κ2) is 9.19. The third-order valence-electron chi connectivity index (χ3n) is 3.80. The lowest BCUT2D eigenvalue weighted by molar-refractivity contribution is -0.131. The molecule has 1 aliphatic rings. The molecule has 0 aliphatic carbocycles. The summed E-state index contributed by atoms with van der Waals surface area (Å²) in [6, 6.07) is 0.197. The molecule has 2 atom stereocenters. The van der Waals surface area contributed by atoms with Crippen LogP contribution in [0.1, 0.15) is 46.5 Å². The van der Waals surface area contributed by atoms with Crippen LogP contribution in [0.3, 0.4) is 0 Å². The highest BCUT2D eigenvalue weighted by Gasteiger charge is 2.34. The minimum Gasteiger partial charge on any atom is -0.355 e. The van der Waals surface area contributed by atoms with Crippen molar-refractivity contribution in [2.24, 2.45) is 5.41 Å². The Morgan fingerprint density at radius 3 is 2.65 bits per heavy atom. The predicted molar refractivity (Wildman–Crippen MR) is 83.0 cm³/mol. The van der Waals surface area contributed by atoms with Crippen molar-refractivity contribution in [2.75, 3.05) is 19.6 Å². The first-order valence-corrected chi connectivity index (χ1v) is 7.26. The highest BCUT2D eigenvalue weighted by atomic mass is 35.5. The summed E-state index contributed by atoms with van der Waals surface area (Å²) in [5, 5.41) is 9.01. The Kier molecular flexibility index (Phi) is 8.81. The number of nitrogens with one attached hydrogen (secondary N) is 3. The van der Waals surface area contributed by atoms with Crippen molar-refractivity contribution < 1.29 is 9.59 Å². The Hall–Kier alpha value is -0.810. The summed E-state index contributed by atoms with van der Waals surface area (Å²) in [4.78, 5) is 23.7. The first kappa shape index (κ1) is 19.2. The number of hydrogen-bond donors (Lipinski definition) is 3. The fourth-order valence-corrected chi connectivity index (χ4v) is 2.20. The number of hydrogen-bond acceptors (Lipinski definition) is 3. The largest absolute Gasteiger partial charge is 0.355 e. The highest BCUT2D eigenvalue weighted by Crippen LogP contribution is 2.25. The van der Waals surface area contributed by atoms with Crippen LogP contribution in [0, 0.1) is 5.41 Å². The van der Waals surface area contributed by atoms with Gasteiger partial charge in [-0.3, -0.25) is 9.59 Å². The van der Waals surface area contributed by atoms with E-state index < -0.39 is 0 Å². The van der Waals surface area contributed by atoms with Crippen LogP contribution < -0.4 is 16.0 Å². The van der Waals surface area contributed by atoms with Crippen molar-refractivity contribution in [3.05, 3.63) is 0 Å². The zero-order valence-electron chi connectivity index (χ0n) is 12.8. The van der Waals surface area contributed by atoms with Crippen molar-refractivity contribution in [2.45, 2.75) is 52.5 Å². The maximum absolute atomic E-state index is 12.1. The number of halogens is 1. The molecule has 5 nitrogen and oxygen atoms in total. The van der Waals surface area contributed by atoms with Gasteiger partial charge >= 0.3 is 0 Å². The first-order chi connectivity index (χ1) is 8.98. The summed E-state index contributed by atoms with van der Waals surface area (Å²) in [7, 11) is 0. The number of amides is 2. The van der Waals surface area contributed by atoms with E-state index in [0.717, 1.165) is 32.4 Å².